The zero-order valence-corrected chi connectivity index (χ0v) is 12.4. The Balaban J connectivity index is 1.93. The molecule has 0 bridgehead atoms. The second-order valence-electron chi connectivity index (χ2n) is 5.07. The highest BCUT2D eigenvalue weighted by atomic mass is 32.1. The van der Waals surface area contributed by atoms with Crippen molar-refractivity contribution in [2.45, 2.75) is 19.0 Å². The van der Waals surface area contributed by atoms with E-state index >= 15 is 0 Å². The number of nitrogens with zero attached hydrogens (tertiary/aromatic N) is 1. The van der Waals surface area contributed by atoms with Gasteiger partial charge in [-0.3, -0.25) is 0 Å². The first kappa shape index (κ1) is 14.6. The fourth-order valence-electron chi connectivity index (χ4n) is 2.37. The standard InChI is InChI=1S/C15H16F2N2OS/c1-15(16,17)11-5-3-2-4-10(11)12-9-21-14(19-12)13-8-18-6-7-20-13/h2-5,9,13,18H,6-8H2,1H3/t13-/m1/s1. The smallest absolute Gasteiger partial charge is 0.271 e. The molecule has 1 aromatic carbocycles. The molecule has 112 valence electrons. The summed E-state index contributed by atoms with van der Waals surface area (Å²) in [5.41, 5.74) is 1.07. The van der Waals surface area contributed by atoms with E-state index in [1.807, 2.05) is 5.38 Å². The minimum Gasteiger partial charge on any atom is -0.368 e. The summed E-state index contributed by atoms with van der Waals surface area (Å²) in [4.78, 5) is 4.50. The van der Waals surface area contributed by atoms with E-state index in [1.54, 1.807) is 18.2 Å². The molecule has 3 rings (SSSR count). The van der Waals surface area contributed by atoms with Crippen molar-refractivity contribution in [3.63, 3.8) is 0 Å². The Morgan fingerprint density at radius 1 is 1.38 bits per heavy atom. The van der Waals surface area contributed by atoms with Crippen molar-refractivity contribution < 1.29 is 13.5 Å². The Morgan fingerprint density at radius 2 is 2.19 bits per heavy atom. The van der Waals surface area contributed by atoms with Crippen molar-refractivity contribution in [2.75, 3.05) is 19.7 Å². The number of hydrogen-bond donors (Lipinski definition) is 1. The van der Waals surface area contributed by atoms with Crippen molar-refractivity contribution in [3.8, 4) is 11.3 Å². The molecule has 0 unspecified atom stereocenters. The summed E-state index contributed by atoms with van der Waals surface area (Å²) in [7, 11) is 0. The molecule has 1 fully saturated rings. The maximum Gasteiger partial charge on any atom is 0.271 e. The van der Waals surface area contributed by atoms with E-state index in [9.17, 15) is 8.78 Å². The van der Waals surface area contributed by atoms with Gasteiger partial charge in [0, 0.05) is 36.5 Å². The third-order valence-electron chi connectivity index (χ3n) is 3.40. The van der Waals surface area contributed by atoms with E-state index in [-0.39, 0.29) is 11.7 Å². The van der Waals surface area contributed by atoms with Gasteiger partial charge in [0.1, 0.15) is 11.1 Å². The zero-order valence-electron chi connectivity index (χ0n) is 11.6. The lowest BCUT2D eigenvalue weighted by atomic mass is 10.0. The predicted molar refractivity (Wildman–Crippen MR) is 78.7 cm³/mol. The molecule has 0 radical (unpaired) electrons. The number of benzene rings is 1. The number of hydrogen-bond acceptors (Lipinski definition) is 4. The number of nitrogens with one attached hydrogen (secondary N) is 1. The van der Waals surface area contributed by atoms with E-state index in [4.69, 9.17) is 4.74 Å². The first-order valence-corrected chi connectivity index (χ1v) is 7.69. The Hall–Kier alpha value is -1.37. The van der Waals surface area contributed by atoms with E-state index in [0.717, 1.165) is 18.5 Å². The zero-order chi connectivity index (χ0) is 14.9. The number of thiazole rings is 1. The lowest BCUT2D eigenvalue weighted by Crippen LogP contribution is -2.33. The van der Waals surface area contributed by atoms with E-state index in [2.05, 4.69) is 10.3 Å². The molecular weight excluding hydrogens is 294 g/mol. The van der Waals surface area contributed by atoms with Crippen LogP contribution in [-0.2, 0) is 10.7 Å². The van der Waals surface area contributed by atoms with Crippen molar-refractivity contribution in [1.82, 2.24) is 10.3 Å². The van der Waals surface area contributed by atoms with Crippen LogP contribution in [0.25, 0.3) is 11.3 Å². The maximum absolute atomic E-state index is 13.7. The van der Waals surface area contributed by atoms with Crippen LogP contribution in [-0.4, -0.2) is 24.7 Å². The number of ether oxygens (including phenoxy) is 1. The fraction of sp³-hybridized carbons (Fsp3) is 0.400. The van der Waals surface area contributed by atoms with Gasteiger partial charge >= 0.3 is 0 Å². The van der Waals surface area contributed by atoms with Gasteiger partial charge in [-0.25, -0.2) is 13.8 Å². The van der Waals surface area contributed by atoms with Crippen LogP contribution in [0.5, 0.6) is 0 Å². The minimum atomic E-state index is -2.89. The van der Waals surface area contributed by atoms with Crippen LogP contribution in [0.3, 0.4) is 0 Å². The fourth-order valence-corrected chi connectivity index (χ4v) is 3.24. The van der Waals surface area contributed by atoms with Crippen LogP contribution in [0.15, 0.2) is 29.6 Å². The number of aromatic nitrogens is 1. The Morgan fingerprint density at radius 3 is 2.90 bits per heavy atom. The van der Waals surface area contributed by atoms with E-state index < -0.39 is 5.92 Å². The van der Waals surface area contributed by atoms with Crippen molar-refractivity contribution in [2.24, 2.45) is 0 Å². The van der Waals surface area contributed by atoms with E-state index in [0.29, 0.717) is 24.4 Å². The average molecular weight is 310 g/mol. The van der Waals surface area contributed by atoms with Gasteiger partial charge < -0.3 is 10.1 Å². The molecule has 21 heavy (non-hydrogen) atoms. The highest BCUT2D eigenvalue weighted by Gasteiger charge is 2.29. The number of alkyl halides is 2. The van der Waals surface area contributed by atoms with Crippen LogP contribution in [0.2, 0.25) is 0 Å². The van der Waals surface area contributed by atoms with E-state index in [1.165, 1.54) is 17.4 Å². The molecule has 0 amide bonds. The lowest BCUT2D eigenvalue weighted by Gasteiger charge is -2.21. The quantitative estimate of drug-likeness (QED) is 0.941. The van der Waals surface area contributed by atoms with Gasteiger partial charge in [-0.15, -0.1) is 11.3 Å². The molecule has 1 aromatic heterocycles. The number of morpholine rings is 1. The lowest BCUT2D eigenvalue weighted by molar-refractivity contribution is 0.0180. The van der Waals surface area contributed by atoms with Crippen molar-refractivity contribution >= 4 is 11.3 Å². The highest BCUT2D eigenvalue weighted by Crippen LogP contribution is 2.36. The van der Waals surface area contributed by atoms with Crippen LogP contribution in [0.1, 0.15) is 23.6 Å². The number of halogens is 2. The SMILES string of the molecule is CC(F)(F)c1ccccc1-c1csc([C@H]2CNCCO2)n1. The predicted octanol–water partition coefficient (Wildman–Crippen LogP) is 3.58. The normalized spacial score (nSPS) is 19.7. The molecule has 2 aromatic rings. The van der Waals surface area contributed by atoms with Gasteiger partial charge in [0.2, 0.25) is 0 Å². The summed E-state index contributed by atoms with van der Waals surface area (Å²) in [6, 6.07) is 6.51. The third-order valence-corrected chi connectivity index (χ3v) is 4.34. The van der Waals surface area contributed by atoms with Gasteiger partial charge in [0.25, 0.3) is 5.92 Å². The monoisotopic (exact) mass is 310 g/mol. The van der Waals surface area contributed by atoms with Crippen molar-refractivity contribution in [3.05, 3.63) is 40.2 Å². The molecule has 0 aliphatic carbocycles. The average Bonchev–Trinajstić information content (AvgIpc) is 2.97. The van der Waals surface area contributed by atoms with Gasteiger partial charge in [0.05, 0.1) is 12.3 Å². The third kappa shape index (κ3) is 3.12. The highest BCUT2D eigenvalue weighted by molar-refractivity contribution is 7.10. The molecule has 6 heteroatoms. The van der Waals surface area contributed by atoms with Crippen LogP contribution >= 0.6 is 11.3 Å². The summed E-state index contributed by atoms with van der Waals surface area (Å²) in [6.07, 6.45) is -0.0909. The van der Waals surface area contributed by atoms with Gasteiger partial charge in [-0.05, 0) is 0 Å². The first-order valence-electron chi connectivity index (χ1n) is 6.81. The molecule has 0 saturated carbocycles. The molecule has 2 heterocycles. The molecule has 1 N–H and O–H groups in total. The summed E-state index contributed by atoms with van der Waals surface area (Å²) < 4.78 is 33.1. The summed E-state index contributed by atoms with van der Waals surface area (Å²) in [5, 5.41) is 5.88. The Bertz CT molecular complexity index is 618. The Kier molecular flexibility index (Phi) is 4.01. The molecule has 1 atom stereocenters. The second kappa shape index (κ2) is 5.79. The second-order valence-corrected chi connectivity index (χ2v) is 5.96. The summed E-state index contributed by atoms with van der Waals surface area (Å²) in [6.45, 7) is 3.09. The summed E-state index contributed by atoms with van der Waals surface area (Å²) >= 11 is 1.45. The van der Waals surface area contributed by atoms with Gasteiger partial charge in [-0.1, -0.05) is 24.3 Å². The van der Waals surface area contributed by atoms with Crippen LogP contribution < -0.4 is 5.32 Å². The van der Waals surface area contributed by atoms with Gasteiger partial charge in [-0.2, -0.15) is 0 Å². The topological polar surface area (TPSA) is 34.1 Å². The molecule has 1 aliphatic rings. The largest absolute Gasteiger partial charge is 0.368 e. The summed E-state index contributed by atoms with van der Waals surface area (Å²) in [5.74, 6) is -2.89. The molecule has 1 aliphatic heterocycles. The minimum absolute atomic E-state index is 0.00420. The van der Waals surface area contributed by atoms with Gasteiger partial charge in [0.15, 0.2) is 0 Å². The molecule has 3 nitrogen and oxygen atoms in total. The molecular formula is C15H16F2N2OS. The van der Waals surface area contributed by atoms with Crippen molar-refractivity contribution in [1.29, 1.82) is 0 Å². The van der Waals surface area contributed by atoms with Crippen LogP contribution in [0.4, 0.5) is 8.78 Å². The number of rotatable bonds is 3. The Labute approximate surface area is 126 Å². The molecule has 1 saturated heterocycles. The van der Waals surface area contributed by atoms with Crippen LogP contribution in [0, 0.1) is 0 Å². The molecule has 0 spiro atoms. The first-order chi connectivity index (χ1) is 10.1. The maximum atomic E-state index is 13.7.